The number of nitrogens with one attached hydrogen (secondary N) is 2. The van der Waals surface area contributed by atoms with Crippen molar-refractivity contribution < 1.29 is 13.2 Å². The van der Waals surface area contributed by atoms with Crippen LogP contribution in [-0.4, -0.2) is 53.2 Å². The molecule has 0 aromatic heterocycles. The molecule has 0 fully saturated rings. The van der Waals surface area contributed by atoms with Gasteiger partial charge in [-0.2, -0.15) is 0 Å². The third-order valence-corrected chi connectivity index (χ3v) is 4.24. The van der Waals surface area contributed by atoms with E-state index in [1.54, 1.807) is 7.05 Å². The zero-order chi connectivity index (χ0) is 17.3. The van der Waals surface area contributed by atoms with Gasteiger partial charge >= 0.3 is 0 Å². The Balaban J connectivity index is 0.00000529. The highest BCUT2D eigenvalue weighted by molar-refractivity contribution is 14.0. The topological polar surface area (TPSA) is 79.8 Å². The molecule has 0 radical (unpaired) electrons. The number of halogens is 2. The van der Waals surface area contributed by atoms with Gasteiger partial charge in [0.25, 0.3) is 0 Å². The molecule has 1 aromatic carbocycles. The highest BCUT2D eigenvalue weighted by Gasteiger charge is 2.07. The van der Waals surface area contributed by atoms with Crippen LogP contribution in [0.25, 0.3) is 0 Å². The Bertz CT molecular complexity index is 609. The molecule has 1 atom stereocenters. The molecule has 0 spiro atoms. The summed E-state index contributed by atoms with van der Waals surface area (Å²) in [5.41, 5.74) is 1.10. The molecule has 24 heavy (non-hydrogen) atoms. The number of hydrogen-bond donors (Lipinski definition) is 2. The van der Waals surface area contributed by atoms with Gasteiger partial charge in [-0.05, 0) is 24.6 Å². The Morgan fingerprint density at radius 2 is 1.92 bits per heavy atom. The van der Waals surface area contributed by atoms with Crippen LogP contribution in [0, 0.1) is 0 Å². The van der Waals surface area contributed by atoms with Crippen molar-refractivity contribution in [3.8, 4) is 0 Å². The van der Waals surface area contributed by atoms with E-state index < -0.39 is 9.84 Å². The summed E-state index contributed by atoms with van der Waals surface area (Å²) in [4.78, 5) is 4.15. The minimum atomic E-state index is -2.97. The Labute approximate surface area is 166 Å². The maximum Gasteiger partial charge on any atom is 0.191 e. The zero-order valence-corrected chi connectivity index (χ0v) is 18.0. The van der Waals surface area contributed by atoms with E-state index in [1.807, 2.05) is 31.2 Å². The molecule has 9 heteroatoms. The van der Waals surface area contributed by atoms with Crippen molar-refractivity contribution in [2.75, 3.05) is 38.8 Å². The van der Waals surface area contributed by atoms with Crippen molar-refractivity contribution in [3.63, 3.8) is 0 Å². The summed E-state index contributed by atoms with van der Waals surface area (Å²) >= 11 is 5.88. The Kier molecular flexibility index (Phi) is 11.6. The van der Waals surface area contributed by atoms with Crippen LogP contribution in [0.5, 0.6) is 0 Å². The molecule has 0 saturated heterocycles. The quantitative estimate of drug-likeness (QED) is 0.253. The Morgan fingerprint density at radius 3 is 2.46 bits per heavy atom. The van der Waals surface area contributed by atoms with E-state index in [2.05, 4.69) is 15.6 Å². The van der Waals surface area contributed by atoms with E-state index in [9.17, 15) is 8.42 Å². The molecule has 0 saturated carbocycles. The molecule has 0 aliphatic heterocycles. The van der Waals surface area contributed by atoms with Gasteiger partial charge in [-0.15, -0.1) is 24.0 Å². The van der Waals surface area contributed by atoms with Crippen LogP contribution in [0.4, 0.5) is 0 Å². The number of sulfone groups is 1. The van der Waals surface area contributed by atoms with E-state index in [1.165, 1.54) is 6.26 Å². The summed E-state index contributed by atoms with van der Waals surface area (Å²) in [6.07, 6.45) is 1.19. The molecular weight excluding hydrogens is 465 g/mol. The fourth-order valence-electron chi connectivity index (χ4n) is 1.79. The van der Waals surface area contributed by atoms with Gasteiger partial charge in [0.1, 0.15) is 9.84 Å². The molecule has 0 heterocycles. The van der Waals surface area contributed by atoms with Crippen molar-refractivity contribution in [1.82, 2.24) is 10.6 Å². The molecule has 138 valence electrons. The van der Waals surface area contributed by atoms with E-state index in [-0.39, 0.29) is 42.4 Å². The lowest BCUT2D eigenvalue weighted by atomic mass is 10.1. The summed E-state index contributed by atoms with van der Waals surface area (Å²) < 4.78 is 27.2. The van der Waals surface area contributed by atoms with Gasteiger partial charge in [0.05, 0.1) is 25.0 Å². The van der Waals surface area contributed by atoms with Crippen LogP contribution in [-0.2, 0) is 14.6 Å². The number of hydrogen-bond acceptors (Lipinski definition) is 4. The maximum atomic E-state index is 11.0. The molecule has 0 aliphatic rings. The fourth-order valence-corrected chi connectivity index (χ4v) is 2.34. The smallest absolute Gasteiger partial charge is 0.191 e. The lowest BCUT2D eigenvalue weighted by Crippen LogP contribution is -2.40. The van der Waals surface area contributed by atoms with Gasteiger partial charge in [-0.25, -0.2) is 8.42 Å². The first kappa shape index (κ1) is 23.4. The first-order chi connectivity index (χ1) is 10.8. The van der Waals surface area contributed by atoms with Crippen LogP contribution >= 0.6 is 35.6 Å². The van der Waals surface area contributed by atoms with Crippen LogP contribution in [0.3, 0.4) is 0 Å². The largest absolute Gasteiger partial charge is 0.379 e. The second kappa shape index (κ2) is 11.9. The van der Waals surface area contributed by atoms with Crippen molar-refractivity contribution >= 4 is 51.4 Å². The second-order valence-electron chi connectivity index (χ2n) is 5.16. The average molecular weight is 490 g/mol. The highest BCUT2D eigenvalue weighted by Crippen LogP contribution is 2.15. The molecule has 0 amide bonds. The molecule has 0 bridgehead atoms. The van der Waals surface area contributed by atoms with Crippen molar-refractivity contribution in [2.45, 2.75) is 13.0 Å². The molecule has 1 aromatic rings. The van der Waals surface area contributed by atoms with Crippen molar-refractivity contribution in [3.05, 3.63) is 34.9 Å². The van der Waals surface area contributed by atoms with Gasteiger partial charge in [-0.3, -0.25) is 4.99 Å². The minimum absolute atomic E-state index is 0. The standard InChI is InChI=1S/C15H24ClN3O3S.HI/c1-12(13-4-6-14(16)7-5-13)19-15(17-2)18-8-9-22-10-11-23(3,20)21;/h4-7,12H,8-11H2,1-3H3,(H2,17,18,19);1H. The first-order valence-corrected chi connectivity index (χ1v) is 9.74. The summed E-state index contributed by atoms with van der Waals surface area (Å²) in [5, 5.41) is 7.08. The molecule has 2 N–H and O–H groups in total. The molecule has 6 nitrogen and oxygen atoms in total. The number of benzene rings is 1. The van der Waals surface area contributed by atoms with Gasteiger partial charge in [0.15, 0.2) is 5.96 Å². The highest BCUT2D eigenvalue weighted by atomic mass is 127. The number of aliphatic imine (C=N–C) groups is 1. The molecular formula is C15H25ClIN3O3S. The third kappa shape index (κ3) is 10.3. The zero-order valence-electron chi connectivity index (χ0n) is 14.1. The predicted molar refractivity (Wildman–Crippen MR) is 110 cm³/mol. The fraction of sp³-hybridized carbons (Fsp3) is 0.533. The number of rotatable bonds is 8. The molecule has 0 aliphatic carbocycles. The second-order valence-corrected chi connectivity index (χ2v) is 7.86. The van der Waals surface area contributed by atoms with Crippen molar-refractivity contribution in [2.24, 2.45) is 4.99 Å². The first-order valence-electron chi connectivity index (χ1n) is 7.30. The van der Waals surface area contributed by atoms with Gasteiger partial charge in [0, 0.05) is 24.9 Å². The van der Waals surface area contributed by atoms with Crippen LogP contribution in [0.1, 0.15) is 18.5 Å². The van der Waals surface area contributed by atoms with E-state index in [4.69, 9.17) is 16.3 Å². The number of ether oxygens (including phenoxy) is 1. The van der Waals surface area contributed by atoms with Crippen LogP contribution in [0.2, 0.25) is 5.02 Å². The summed E-state index contributed by atoms with van der Waals surface area (Å²) in [6.45, 7) is 3.18. The average Bonchev–Trinajstić information content (AvgIpc) is 2.48. The SMILES string of the molecule is CN=C(NCCOCCS(C)(=O)=O)NC(C)c1ccc(Cl)cc1.I. The summed E-state index contributed by atoms with van der Waals surface area (Å²) in [5.74, 6) is 0.687. The third-order valence-electron chi connectivity index (χ3n) is 3.08. The van der Waals surface area contributed by atoms with E-state index in [0.29, 0.717) is 24.1 Å². The normalized spacial score (nSPS) is 13.1. The lowest BCUT2D eigenvalue weighted by molar-refractivity contribution is 0.154. The van der Waals surface area contributed by atoms with E-state index >= 15 is 0 Å². The Morgan fingerprint density at radius 1 is 1.29 bits per heavy atom. The predicted octanol–water partition coefficient (Wildman–Crippen LogP) is 2.25. The molecule has 1 unspecified atom stereocenters. The van der Waals surface area contributed by atoms with Crippen LogP contribution < -0.4 is 10.6 Å². The summed E-state index contributed by atoms with van der Waals surface area (Å²) in [6, 6.07) is 7.69. The number of guanidine groups is 1. The van der Waals surface area contributed by atoms with Crippen LogP contribution in [0.15, 0.2) is 29.3 Å². The Hall–Kier alpha value is -0.580. The van der Waals surface area contributed by atoms with Crippen molar-refractivity contribution in [1.29, 1.82) is 0 Å². The number of nitrogens with zero attached hydrogens (tertiary/aromatic N) is 1. The molecule has 1 rings (SSSR count). The monoisotopic (exact) mass is 489 g/mol. The minimum Gasteiger partial charge on any atom is -0.379 e. The van der Waals surface area contributed by atoms with Gasteiger partial charge < -0.3 is 15.4 Å². The lowest BCUT2D eigenvalue weighted by Gasteiger charge is -2.18. The van der Waals surface area contributed by atoms with Gasteiger partial charge in [-0.1, -0.05) is 23.7 Å². The van der Waals surface area contributed by atoms with E-state index in [0.717, 1.165) is 5.56 Å². The van der Waals surface area contributed by atoms with Gasteiger partial charge in [0.2, 0.25) is 0 Å². The summed E-state index contributed by atoms with van der Waals surface area (Å²) in [7, 11) is -1.28. The maximum absolute atomic E-state index is 11.0.